The summed E-state index contributed by atoms with van der Waals surface area (Å²) in [4.78, 5) is 26.6. The summed E-state index contributed by atoms with van der Waals surface area (Å²) in [6.45, 7) is 0. The molecule has 116 valence electrons. The molecule has 0 unspecified atom stereocenters. The number of nitrogens with zero attached hydrogens (tertiary/aromatic N) is 3. The van der Waals surface area contributed by atoms with Crippen molar-refractivity contribution in [1.29, 1.82) is 5.26 Å². The highest BCUT2D eigenvalue weighted by Crippen LogP contribution is 2.21. The van der Waals surface area contributed by atoms with Gasteiger partial charge in [-0.1, -0.05) is 12.1 Å². The monoisotopic (exact) mass is 318 g/mol. The van der Waals surface area contributed by atoms with Crippen LogP contribution in [-0.2, 0) is 0 Å². The number of nitriles is 1. The fourth-order valence-corrected chi connectivity index (χ4v) is 2.19. The van der Waals surface area contributed by atoms with Crippen LogP contribution in [0.15, 0.2) is 63.6 Å². The fraction of sp³-hybridized carbons (Fsp3) is 0. The molecule has 3 rings (SSSR count). The third-order valence-electron chi connectivity index (χ3n) is 3.36. The van der Waals surface area contributed by atoms with Crippen molar-refractivity contribution in [2.75, 3.05) is 0 Å². The van der Waals surface area contributed by atoms with Crippen molar-refractivity contribution in [2.45, 2.75) is 0 Å². The first-order valence-corrected chi connectivity index (χ1v) is 6.90. The molecule has 1 heterocycles. The Hall–Kier alpha value is -3.79. The van der Waals surface area contributed by atoms with Gasteiger partial charge in [0.15, 0.2) is 11.4 Å². The number of carbonyl (C=O) groups is 1. The van der Waals surface area contributed by atoms with Crippen LogP contribution < -0.4 is 5.43 Å². The van der Waals surface area contributed by atoms with E-state index in [1.54, 1.807) is 48.5 Å². The number of benzene rings is 2. The van der Waals surface area contributed by atoms with Crippen molar-refractivity contribution >= 4 is 28.2 Å². The van der Waals surface area contributed by atoms with E-state index in [0.29, 0.717) is 22.2 Å². The van der Waals surface area contributed by atoms with Crippen LogP contribution in [-0.4, -0.2) is 16.1 Å². The number of azo groups is 1. The summed E-state index contributed by atoms with van der Waals surface area (Å²) in [5.41, 5.74) is 0.166. The molecule has 2 N–H and O–H groups in total. The minimum absolute atomic E-state index is 0.273. The molecular weight excluding hydrogens is 308 g/mol. The Labute approximate surface area is 135 Å². The molecule has 24 heavy (non-hydrogen) atoms. The second-order valence-electron chi connectivity index (χ2n) is 4.89. The maximum absolute atomic E-state index is 12.5. The zero-order chi connectivity index (χ0) is 17.1. The number of pyridine rings is 1. The molecule has 0 aliphatic carbocycles. The van der Waals surface area contributed by atoms with E-state index in [2.05, 4.69) is 15.2 Å². The number of fused-ring (bicyclic) bond motifs is 1. The Bertz CT molecular complexity index is 1060. The van der Waals surface area contributed by atoms with Gasteiger partial charge in [0.25, 0.3) is 0 Å². The molecule has 2 aromatic carbocycles. The highest BCUT2D eigenvalue weighted by molar-refractivity contribution is 5.95. The molecule has 7 nitrogen and oxygen atoms in total. The average molecular weight is 318 g/mol. The number of aromatic amines is 1. The quantitative estimate of drug-likeness (QED) is 0.718. The third kappa shape index (κ3) is 2.76. The maximum atomic E-state index is 12.5. The van der Waals surface area contributed by atoms with Gasteiger partial charge in [-0.25, -0.2) is 4.79 Å². The van der Waals surface area contributed by atoms with Gasteiger partial charge in [-0.3, -0.25) is 4.79 Å². The molecular formula is C17H10N4O3. The highest BCUT2D eigenvalue weighted by Gasteiger charge is 2.17. The predicted molar refractivity (Wildman–Crippen MR) is 86.9 cm³/mol. The van der Waals surface area contributed by atoms with Crippen LogP contribution in [0.2, 0.25) is 0 Å². The molecule has 0 spiro atoms. The van der Waals surface area contributed by atoms with E-state index in [1.807, 2.05) is 6.07 Å². The van der Waals surface area contributed by atoms with Gasteiger partial charge in [0.2, 0.25) is 5.43 Å². The lowest BCUT2D eigenvalue weighted by atomic mass is 10.1. The Morgan fingerprint density at radius 2 is 1.79 bits per heavy atom. The Morgan fingerprint density at radius 1 is 1.08 bits per heavy atom. The predicted octanol–water partition coefficient (Wildman–Crippen LogP) is 3.51. The fourth-order valence-electron chi connectivity index (χ4n) is 2.19. The summed E-state index contributed by atoms with van der Waals surface area (Å²) in [6.07, 6.45) is 0. The third-order valence-corrected chi connectivity index (χ3v) is 3.36. The van der Waals surface area contributed by atoms with Crippen molar-refractivity contribution in [1.82, 2.24) is 4.98 Å². The number of aromatic carboxylic acids is 1. The van der Waals surface area contributed by atoms with Gasteiger partial charge >= 0.3 is 5.97 Å². The van der Waals surface area contributed by atoms with E-state index in [1.165, 1.54) is 0 Å². The lowest BCUT2D eigenvalue weighted by Gasteiger charge is -2.03. The van der Waals surface area contributed by atoms with Gasteiger partial charge in [-0.05, 0) is 36.4 Å². The number of para-hydroxylation sites is 1. The molecule has 0 fully saturated rings. The molecule has 0 atom stereocenters. The van der Waals surface area contributed by atoms with Crippen molar-refractivity contribution in [3.63, 3.8) is 0 Å². The molecule has 3 aromatic rings. The summed E-state index contributed by atoms with van der Waals surface area (Å²) in [7, 11) is 0. The average Bonchev–Trinajstić information content (AvgIpc) is 2.61. The van der Waals surface area contributed by atoms with Crippen LogP contribution in [0.4, 0.5) is 11.4 Å². The Balaban J connectivity index is 2.13. The number of rotatable bonds is 3. The molecule has 0 saturated carbocycles. The number of hydrogen-bond acceptors (Lipinski definition) is 5. The molecule has 0 amide bonds. The second kappa shape index (κ2) is 6.14. The number of nitrogens with one attached hydrogen (secondary N) is 1. The molecule has 0 saturated heterocycles. The summed E-state index contributed by atoms with van der Waals surface area (Å²) < 4.78 is 0. The van der Waals surface area contributed by atoms with Gasteiger partial charge in [0, 0.05) is 5.39 Å². The van der Waals surface area contributed by atoms with E-state index < -0.39 is 11.4 Å². The van der Waals surface area contributed by atoms with Gasteiger partial charge in [0.05, 0.1) is 22.8 Å². The molecule has 7 heteroatoms. The van der Waals surface area contributed by atoms with E-state index in [-0.39, 0.29) is 11.4 Å². The maximum Gasteiger partial charge on any atom is 0.354 e. The van der Waals surface area contributed by atoms with Gasteiger partial charge in [0.1, 0.15) is 0 Å². The normalized spacial score (nSPS) is 10.8. The summed E-state index contributed by atoms with van der Waals surface area (Å²) in [5, 5.41) is 26.1. The molecule has 0 aliphatic heterocycles. The summed E-state index contributed by atoms with van der Waals surface area (Å²) >= 11 is 0. The van der Waals surface area contributed by atoms with Crippen LogP contribution >= 0.6 is 0 Å². The summed E-state index contributed by atoms with van der Waals surface area (Å²) in [6, 6.07) is 14.8. The molecule has 0 bridgehead atoms. The van der Waals surface area contributed by atoms with Gasteiger partial charge in [-0.2, -0.15) is 10.4 Å². The van der Waals surface area contributed by atoms with Crippen LogP contribution in [0.25, 0.3) is 10.9 Å². The smallest absolute Gasteiger partial charge is 0.354 e. The van der Waals surface area contributed by atoms with Gasteiger partial charge < -0.3 is 10.1 Å². The van der Waals surface area contributed by atoms with Crippen LogP contribution in [0.3, 0.4) is 0 Å². The van der Waals surface area contributed by atoms with Crippen molar-refractivity contribution in [3.8, 4) is 6.07 Å². The van der Waals surface area contributed by atoms with E-state index >= 15 is 0 Å². The zero-order valence-electron chi connectivity index (χ0n) is 12.2. The number of H-pyrrole nitrogens is 1. The minimum Gasteiger partial charge on any atom is -0.477 e. The lowest BCUT2D eigenvalue weighted by molar-refractivity contribution is 0.0692. The Kier molecular flexibility index (Phi) is 3.87. The van der Waals surface area contributed by atoms with Crippen molar-refractivity contribution < 1.29 is 9.90 Å². The zero-order valence-corrected chi connectivity index (χ0v) is 12.2. The lowest BCUT2D eigenvalue weighted by Crippen LogP contribution is -2.11. The molecule has 0 aliphatic rings. The number of aromatic nitrogens is 1. The minimum atomic E-state index is -1.30. The standard InChI is InChI=1S/C17H10N4O3/c18-9-10-5-7-11(8-6-10)20-21-14-15(17(23)24)19-13-4-2-1-3-12(13)16(14)22/h1-8H,(H,19,22)(H,23,24). The van der Waals surface area contributed by atoms with E-state index in [0.717, 1.165) is 0 Å². The van der Waals surface area contributed by atoms with Crippen molar-refractivity contribution in [3.05, 3.63) is 70.0 Å². The SMILES string of the molecule is N#Cc1ccc(N=Nc2c(C(=O)O)[nH]c3ccccc3c2=O)cc1. The van der Waals surface area contributed by atoms with Crippen LogP contribution in [0, 0.1) is 11.3 Å². The first-order valence-electron chi connectivity index (χ1n) is 6.90. The van der Waals surface area contributed by atoms with Crippen LogP contribution in [0.5, 0.6) is 0 Å². The first kappa shape index (κ1) is 15.1. The number of carboxylic acids is 1. The van der Waals surface area contributed by atoms with Gasteiger partial charge in [-0.15, -0.1) is 5.11 Å². The topological polar surface area (TPSA) is 119 Å². The highest BCUT2D eigenvalue weighted by atomic mass is 16.4. The second-order valence-corrected chi connectivity index (χ2v) is 4.89. The van der Waals surface area contributed by atoms with E-state index in [4.69, 9.17) is 5.26 Å². The first-order chi connectivity index (χ1) is 11.6. The Morgan fingerprint density at radius 3 is 2.46 bits per heavy atom. The largest absolute Gasteiger partial charge is 0.477 e. The number of hydrogen-bond donors (Lipinski definition) is 2. The summed E-state index contributed by atoms with van der Waals surface area (Å²) in [5.74, 6) is -1.30. The number of carboxylic acid groups (broad SMARTS) is 1. The van der Waals surface area contributed by atoms with Crippen LogP contribution in [0.1, 0.15) is 16.1 Å². The molecule has 1 aromatic heterocycles. The van der Waals surface area contributed by atoms with E-state index in [9.17, 15) is 14.7 Å². The van der Waals surface area contributed by atoms with Crippen molar-refractivity contribution in [2.24, 2.45) is 10.2 Å². The molecule has 0 radical (unpaired) electrons.